The van der Waals surface area contributed by atoms with Gasteiger partial charge in [0.15, 0.2) is 0 Å². The van der Waals surface area contributed by atoms with Gasteiger partial charge < -0.3 is 5.32 Å². The minimum absolute atomic E-state index is 0.746. The van der Waals surface area contributed by atoms with Crippen molar-refractivity contribution in [2.75, 3.05) is 13.1 Å². The molecule has 0 aromatic rings. The predicted octanol–water partition coefficient (Wildman–Crippen LogP) is 3.84. The van der Waals surface area contributed by atoms with Gasteiger partial charge in [-0.05, 0) is 87.1 Å². The molecule has 4 rings (SSSR count). The van der Waals surface area contributed by atoms with Gasteiger partial charge in [0, 0.05) is 0 Å². The molecule has 0 saturated heterocycles. The summed E-state index contributed by atoms with van der Waals surface area (Å²) in [5.41, 5.74) is 0.746. The monoisotopic (exact) mass is 235 g/mol. The molecule has 1 heteroatoms. The second-order valence-corrected chi connectivity index (χ2v) is 7.39. The first-order valence-corrected chi connectivity index (χ1v) is 7.92. The van der Waals surface area contributed by atoms with Crippen LogP contribution in [0.2, 0.25) is 0 Å². The molecule has 0 amide bonds. The van der Waals surface area contributed by atoms with Crippen LogP contribution >= 0.6 is 0 Å². The molecule has 0 radical (unpaired) electrons. The van der Waals surface area contributed by atoms with Crippen LogP contribution in [0.1, 0.15) is 58.8 Å². The van der Waals surface area contributed by atoms with Crippen molar-refractivity contribution in [3.8, 4) is 0 Å². The SMILES string of the molecule is CCCNCC(C)C12CC3CC(CC(C3)C1)C2. The zero-order valence-electron chi connectivity index (χ0n) is 11.7. The van der Waals surface area contributed by atoms with Gasteiger partial charge in [0.2, 0.25) is 0 Å². The average Bonchev–Trinajstić information content (AvgIpc) is 2.27. The summed E-state index contributed by atoms with van der Waals surface area (Å²) in [6, 6.07) is 0. The second-order valence-electron chi connectivity index (χ2n) is 7.39. The lowest BCUT2D eigenvalue weighted by Gasteiger charge is -2.59. The van der Waals surface area contributed by atoms with Gasteiger partial charge in [-0.2, -0.15) is 0 Å². The van der Waals surface area contributed by atoms with Gasteiger partial charge in [-0.3, -0.25) is 0 Å². The Labute approximate surface area is 107 Å². The standard InChI is InChI=1S/C16H29N/c1-3-4-17-11-12(2)16-8-13-5-14(9-16)7-15(6-13)10-16/h12-15,17H,3-11H2,1-2H3. The molecule has 4 bridgehead atoms. The predicted molar refractivity (Wildman–Crippen MR) is 72.9 cm³/mol. The topological polar surface area (TPSA) is 12.0 Å². The third-order valence-electron chi connectivity index (χ3n) is 6.01. The molecule has 4 fully saturated rings. The fraction of sp³-hybridized carbons (Fsp3) is 1.00. The van der Waals surface area contributed by atoms with Crippen molar-refractivity contribution in [2.45, 2.75) is 58.8 Å². The van der Waals surface area contributed by atoms with Crippen LogP contribution in [-0.4, -0.2) is 13.1 Å². The highest BCUT2D eigenvalue weighted by atomic mass is 14.9. The first-order valence-electron chi connectivity index (χ1n) is 7.92. The lowest BCUT2D eigenvalue weighted by Crippen LogP contribution is -2.50. The van der Waals surface area contributed by atoms with Gasteiger partial charge in [0.1, 0.15) is 0 Å². The zero-order valence-corrected chi connectivity index (χ0v) is 11.7. The van der Waals surface area contributed by atoms with Crippen molar-refractivity contribution in [3.05, 3.63) is 0 Å². The first-order chi connectivity index (χ1) is 8.22. The fourth-order valence-electron chi connectivity index (χ4n) is 5.49. The Morgan fingerprint density at radius 3 is 2.06 bits per heavy atom. The van der Waals surface area contributed by atoms with E-state index in [4.69, 9.17) is 0 Å². The van der Waals surface area contributed by atoms with Gasteiger partial charge >= 0.3 is 0 Å². The molecule has 4 saturated carbocycles. The van der Waals surface area contributed by atoms with E-state index in [1.54, 1.807) is 38.5 Å². The fourth-order valence-corrected chi connectivity index (χ4v) is 5.49. The summed E-state index contributed by atoms with van der Waals surface area (Å²) < 4.78 is 0. The van der Waals surface area contributed by atoms with Crippen LogP contribution < -0.4 is 5.32 Å². The highest BCUT2D eigenvalue weighted by Crippen LogP contribution is 2.62. The first kappa shape index (κ1) is 12.0. The molecule has 0 aliphatic heterocycles. The van der Waals surface area contributed by atoms with Crippen LogP contribution in [0, 0.1) is 29.1 Å². The summed E-state index contributed by atoms with van der Waals surface area (Å²) in [6.07, 6.45) is 10.7. The van der Waals surface area contributed by atoms with Gasteiger partial charge in [0.25, 0.3) is 0 Å². The summed E-state index contributed by atoms with van der Waals surface area (Å²) in [5, 5.41) is 3.66. The van der Waals surface area contributed by atoms with Crippen LogP contribution in [0.25, 0.3) is 0 Å². The van der Waals surface area contributed by atoms with Crippen molar-refractivity contribution >= 4 is 0 Å². The molecule has 4 aliphatic rings. The van der Waals surface area contributed by atoms with Gasteiger partial charge in [-0.15, -0.1) is 0 Å². The second kappa shape index (κ2) is 4.57. The van der Waals surface area contributed by atoms with E-state index in [0.717, 1.165) is 29.1 Å². The molecule has 1 atom stereocenters. The molecule has 1 nitrogen and oxygen atoms in total. The van der Waals surface area contributed by atoms with Gasteiger partial charge in [-0.25, -0.2) is 0 Å². The molecule has 0 heterocycles. The summed E-state index contributed by atoms with van der Waals surface area (Å²) >= 11 is 0. The smallest absolute Gasteiger partial charge is 0.00178 e. The lowest BCUT2D eigenvalue weighted by atomic mass is 9.46. The molecule has 1 N–H and O–H groups in total. The Bertz CT molecular complexity index is 235. The molecule has 0 spiro atoms. The summed E-state index contributed by atoms with van der Waals surface area (Å²) in [6.45, 7) is 7.26. The molecular formula is C16H29N. The lowest BCUT2D eigenvalue weighted by molar-refractivity contribution is -0.0824. The van der Waals surface area contributed by atoms with Crippen LogP contribution in [0.3, 0.4) is 0 Å². The third-order valence-corrected chi connectivity index (χ3v) is 6.01. The van der Waals surface area contributed by atoms with E-state index in [2.05, 4.69) is 19.2 Å². The van der Waals surface area contributed by atoms with Crippen LogP contribution in [-0.2, 0) is 0 Å². The molecular weight excluding hydrogens is 206 g/mol. The van der Waals surface area contributed by atoms with Crippen molar-refractivity contribution in [1.82, 2.24) is 5.32 Å². The number of hydrogen-bond acceptors (Lipinski definition) is 1. The third kappa shape index (κ3) is 2.16. The molecule has 1 unspecified atom stereocenters. The minimum Gasteiger partial charge on any atom is -0.316 e. The van der Waals surface area contributed by atoms with E-state index in [1.807, 2.05) is 0 Å². The summed E-state index contributed by atoms with van der Waals surface area (Å²) in [7, 11) is 0. The van der Waals surface area contributed by atoms with E-state index < -0.39 is 0 Å². The van der Waals surface area contributed by atoms with E-state index in [9.17, 15) is 0 Å². The van der Waals surface area contributed by atoms with Gasteiger partial charge in [-0.1, -0.05) is 13.8 Å². The van der Waals surface area contributed by atoms with E-state index in [1.165, 1.54) is 19.5 Å². The molecule has 0 aromatic heterocycles. The molecule has 98 valence electrons. The molecule has 0 aromatic carbocycles. The highest BCUT2D eigenvalue weighted by Gasteiger charge is 2.52. The van der Waals surface area contributed by atoms with Crippen molar-refractivity contribution in [1.29, 1.82) is 0 Å². The quantitative estimate of drug-likeness (QED) is 0.714. The summed E-state index contributed by atoms with van der Waals surface area (Å²) in [4.78, 5) is 0. The van der Waals surface area contributed by atoms with Crippen molar-refractivity contribution in [2.24, 2.45) is 29.1 Å². The Kier molecular flexibility index (Phi) is 3.23. The highest BCUT2D eigenvalue weighted by molar-refractivity contribution is 5.03. The van der Waals surface area contributed by atoms with Crippen LogP contribution in [0.15, 0.2) is 0 Å². The summed E-state index contributed by atoms with van der Waals surface area (Å²) in [5.74, 6) is 4.22. The molecule has 17 heavy (non-hydrogen) atoms. The Hall–Kier alpha value is -0.0400. The normalized spacial score (nSPS) is 45.2. The maximum Gasteiger partial charge on any atom is -0.00178 e. The van der Waals surface area contributed by atoms with Crippen molar-refractivity contribution < 1.29 is 0 Å². The van der Waals surface area contributed by atoms with Crippen LogP contribution in [0.5, 0.6) is 0 Å². The number of nitrogens with one attached hydrogen (secondary N) is 1. The van der Waals surface area contributed by atoms with E-state index in [0.29, 0.717) is 0 Å². The average molecular weight is 235 g/mol. The number of rotatable bonds is 5. The minimum atomic E-state index is 0.746. The van der Waals surface area contributed by atoms with Crippen molar-refractivity contribution in [3.63, 3.8) is 0 Å². The van der Waals surface area contributed by atoms with E-state index in [-0.39, 0.29) is 0 Å². The maximum atomic E-state index is 3.66. The van der Waals surface area contributed by atoms with Crippen LogP contribution in [0.4, 0.5) is 0 Å². The van der Waals surface area contributed by atoms with E-state index >= 15 is 0 Å². The Morgan fingerprint density at radius 1 is 1.06 bits per heavy atom. The Balaban J connectivity index is 1.64. The largest absolute Gasteiger partial charge is 0.316 e. The molecule has 4 aliphatic carbocycles. The van der Waals surface area contributed by atoms with Gasteiger partial charge in [0.05, 0.1) is 0 Å². The zero-order chi connectivity index (χ0) is 11.9. The number of hydrogen-bond donors (Lipinski definition) is 1. The Morgan fingerprint density at radius 2 is 1.59 bits per heavy atom. The maximum absolute atomic E-state index is 3.66.